The van der Waals surface area contributed by atoms with Crippen LogP contribution in [0.2, 0.25) is 0 Å². The molecule has 0 spiro atoms. The Morgan fingerprint density at radius 2 is 2.38 bits per heavy atom. The minimum Gasteiger partial charge on any atom is -0.480 e. The molecule has 1 aliphatic rings. The number of nitrogens with two attached hydrogens (primary N) is 1. The smallest absolute Gasteiger partial charge is 0.321 e. The van der Waals surface area contributed by atoms with Crippen molar-refractivity contribution in [2.24, 2.45) is 5.73 Å². The van der Waals surface area contributed by atoms with Crippen molar-refractivity contribution in [3.05, 3.63) is 34.4 Å². The summed E-state index contributed by atoms with van der Waals surface area (Å²) in [6.07, 6.45) is 0.525. The Labute approximate surface area is 94.5 Å². The maximum atomic E-state index is 10.9. The fraction of sp³-hybridized carbons (Fsp3) is 0.417. The van der Waals surface area contributed by atoms with Crippen molar-refractivity contribution >= 4 is 5.97 Å². The van der Waals surface area contributed by atoms with E-state index in [4.69, 9.17) is 10.8 Å². The molecule has 1 aliphatic heterocycles. The highest BCUT2D eigenvalue weighted by Crippen LogP contribution is 2.22. The number of carbonyl (C=O) groups is 1. The first-order valence-electron chi connectivity index (χ1n) is 5.39. The second-order valence-electron chi connectivity index (χ2n) is 4.24. The molecule has 1 unspecified atom stereocenters. The molecule has 86 valence electrons. The molecule has 0 radical (unpaired) electrons. The first kappa shape index (κ1) is 11.1. The summed E-state index contributed by atoms with van der Waals surface area (Å²) in [7, 11) is 0. The van der Waals surface area contributed by atoms with Crippen molar-refractivity contribution in [1.29, 1.82) is 0 Å². The van der Waals surface area contributed by atoms with Crippen LogP contribution in [-0.2, 0) is 24.3 Å². The Morgan fingerprint density at radius 1 is 1.62 bits per heavy atom. The van der Waals surface area contributed by atoms with Crippen molar-refractivity contribution in [2.75, 3.05) is 0 Å². The fourth-order valence-electron chi connectivity index (χ4n) is 2.26. The van der Waals surface area contributed by atoms with Crippen molar-refractivity contribution < 1.29 is 9.90 Å². The van der Waals surface area contributed by atoms with Gasteiger partial charge in [0.25, 0.3) is 0 Å². The monoisotopic (exact) mass is 220 g/mol. The van der Waals surface area contributed by atoms with Crippen molar-refractivity contribution in [1.82, 2.24) is 5.32 Å². The molecule has 0 amide bonds. The zero-order valence-corrected chi connectivity index (χ0v) is 9.29. The Balaban J connectivity index is 2.39. The molecule has 2 rings (SSSR count). The lowest BCUT2D eigenvalue weighted by atomic mass is 9.90. The molecule has 0 aromatic heterocycles. The van der Waals surface area contributed by atoms with Crippen molar-refractivity contribution in [3.8, 4) is 0 Å². The third-order valence-corrected chi connectivity index (χ3v) is 3.04. The van der Waals surface area contributed by atoms with Gasteiger partial charge in [-0.3, -0.25) is 4.79 Å². The van der Waals surface area contributed by atoms with Crippen LogP contribution in [0.1, 0.15) is 22.3 Å². The van der Waals surface area contributed by atoms with Gasteiger partial charge in [0.15, 0.2) is 0 Å². The van der Waals surface area contributed by atoms with Crippen LogP contribution in [0.25, 0.3) is 0 Å². The number of fused-ring (bicyclic) bond motifs is 1. The van der Waals surface area contributed by atoms with Gasteiger partial charge in [0, 0.05) is 13.1 Å². The third kappa shape index (κ3) is 1.94. The van der Waals surface area contributed by atoms with E-state index in [1.54, 1.807) is 0 Å². The normalized spacial score (nSPS) is 19.2. The van der Waals surface area contributed by atoms with Gasteiger partial charge in [0.1, 0.15) is 6.04 Å². The zero-order valence-electron chi connectivity index (χ0n) is 9.29. The number of aliphatic carboxylic acids is 1. The van der Waals surface area contributed by atoms with Crippen LogP contribution in [0, 0.1) is 6.92 Å². The van der Waals surface area contributed by atoms with E-state index in [1.165, 1.54) is 11.1 Å². The molecule has 0 saturated heterocycles. The average molecular weight is 220 g/mol. The molecule has 1 aromatic rings. The predicted octanol–water partition coefficient (Wildman–Crippen LogP) is 0.553. The van der Waals surface area contributed by atoms with Gasteiger partial charge in [-0.1, -0.05) is 17.7 Å². The summed E-state index contributed by atoms with van der Waals surface area (Å²) in [5.74, 6) is -0.797. The maximum Gasteiger partial charge on any atom is 0.321 e. The minimum absolute atomic E-state index is 0.469. The lowest BCUT2D eigenvalue weighted by molar-refractivity contribution is -0.139. The van der Waals surface area contributed by atoms with Gasteiger partial charge in [-0.25, -0.2) is 0 Å². The van der Waals surface area contributed by atoms with E-state index in [1.807, 2.05) is 13.0 Å². The van der Waals surface area contributed by atoms with Crippen LogP contribution in [0.5, 0.6) is 0 Å². The average Bonchev–Trinajstić information content (AvgIpc) is 2.27. The quantitative estimate of drug-likeness (QED) is 0.680. The van der Waals surface area contributed by atoms with Crippen LogP contribution >= 0.6 is 0 Å². The number of hydrogen-bond donors (Lipinski definition) is 3. The highest BCUT2D eigenvalue weighted by molar-refractivity contribution is 5.74. The molecule has 4 heteroatoms. The van der Waals surface area contributed by atoms with E-state index in [2.05, 4.69) is 11.4 Å². The molecule has 0 aliphatic carbocycles. The predicted molar refractivity (Wildman–Crippen MR) is 61.0 cm³/mol. The fourth-order valence-corrected chi connectivity index (χ4v) is 2.26. The summed E-state index contributed by atoms with van der Waals surface area (Å²) in [6, 6.07) is 3.66. The summed E-state index contributed by atoms with van der Waals surface area (Å²) in [5.41, 5.74) is 10.2. The van der Waals surface area contributed by atoms with Gasteiger partial charge < -0.3 is 16.2 Å². The Kier molecular flexibility index (Phi) is 2.94. The molecule has 1 atom stereocenters. The topological polar surface area (TPSA) is 75.3 Å². The SMILES string of the molecule is Cc1cc(CN)c2c(c1)CNC(C(=O)O)C2. The number of rotatable bonds is 2. The first-order chi connectivity index (χ1) is 7.61. The highest BCUT2D eigenvalue weighted by atomic mass is 16.4. The van der Waals surface area contributed by atoms with Gasteiger partial charge in [0.2, 0.25) is 0 Å². The van der Waals surface area contributed by atoms with E-state index >= 15 is 0 Å². The second kappa shape index (κ2) is 4.23. The number of hydrogen-bond acceptors (Lipinski definition) is 3. The molecule has 16 heavy (non-hydrogen) atoms. The highest BCUT2D eigenvalue weighted by Gasteiger charge is 2.25. The van der Waals surface area contributed by atoms with Gasteiger partial charge >= 0.3 is 5.97 Å². The minimum atomic E-state index is -0.797. The van der Waals surface area contributed by atoms with E-state index < -0.39 is 12.0 Å². The molecule has 4 nitrogen and oxygen atoms in total. The van der Waals surface area contributed by atoms with E-state index in [-0.39, 0.29) is 0 Å². The summed E-state index contributed by atoms with van der Waals surface area (Å²) in [4.78, 5) is 10.9. The Bertz CT molecular complexity index is 412. The number of carboxylic acids is 1. The largest absolute Gasteiger partial charge is 0.480 e. The lowest BCUT2D eigenvalue weighted by Crippen LogP contribution is -2.42. The molecule has 0 bridgehead atoms. The Morgan fingerprint density at radius 3 is 3.00 bits per heavy atom. The Hall–Kier alpha value is -1.39. The molecule has 4 N–H and O–H groups in total. The van der Waals surface area contributed by atoms with E-state index in [0.717, 1.165) is 11.1 Å². The maximum absolute atomic E-state index is 10.9. The van der Waals surface area contributed by atoms with Gasteiger partial charge in [0.05, 0.1) is 0 Å². The summed E-state index contributed by atoms with van der Waals surface area (Å²) in [5, 5.41) is 12.0. The van der Waals surface area contributed by atoms with Crippen LogP contribution in [0.3, 0.4) is 0 Å². The van der Waals surface area contributed by atoms with Gasteiger partial charge in [-0.2, -0.15) is 0 Å². The molecule has 1 aromatic carbocycles. The zero-order chi connectivity index (χ0) is 11.7. The summed E-state index contributed by atoms with van der Waals surface area (Å²) in [6.45, 7) is 3.11. The number of benzene rings is 1. The van der Waals surface area contributed by atoms with Crippen LogP contribution in [-0.4, -0.2) is 17.1 Å². The summed E-state index contributed by atoms with van der Waals surface area (Å²) >= 11 is 0. The lowest BCUT2D eigenvalue weighted by Gasteiger charge is -2.25. The van der Waals surface area contributed by atoms with E-state index in [0.29, 0.717) is 19.5 Å². The second-order valence-corrected chi connectivity index (χ2v) is 4.24. The number of nitrogens with one attached hydrogen (secondary N) is 1. The number of carboxylic acid groups (broad SMARTS) is 1. The van der Waals surface area contributed by atoms with Crippen LogP contribution in [0.4, 0.5) is 0 Å². The van der Waals surface area contributed by atoms with Crippen molar-refractivity contribution in [3.63, 3.8) is 0 Å². The van der Waals surface area contributed by atoms with Crippen LogP contribution in [0.15, 0.2) is 12.1 Å². The number of aryl methyl sites for hydroxylation is 1. The molecule has 0 saturated carbocycles. The third-order valence-electron chi connectivity index (χ3n) is 3.04. The van der Waals surface area contributed by atoms with Crippen LogP contribution < -0.4 is 11.1 Å². The van der Waals surface area contributed by atoms with E-state index in [9.17, 15) is 4.79 Å². The van der Waals surface area contributed by atoms with Crippen molar-refractivity contribution in [2.45, 2.75) is 32.5 Å². The molecule has 0 fully saturated rings. The van der Waals surface area contributed by atoms with Gasteiger partial charge in [-0.05, 0) is 30.0 Å². The van der Waals surface area contributed by atoms with Gasteiger partial charge in [-0.15, -0.1) is 0 Å². The molecular weight excluding hydrogens is 204 g/mol. The standard InChI is InChI=1S/C12H16N2O2/c1-7-2-8(5-13)10-4-11(12(15)16)14-6-9(10)3-7/h2-3,11,14H,4-6,13H2,1H3,(H,15,16). The first-order valence-corrected chi connectivity index (χ1v) is 5.39. The molecular formula is C12H16N2O2. The molecule has 1 heterocycles. The summed E-state index contributed by atoms with van der Waals surface area (Å²) < 4.78 is 0.